The summed E-state index contributed by atoms with van der Waals surface area (Å²) in [6, 6.07) is 1.83. The second kappa shape index (κ2) is 8.11. The highest BCUT2D eigenvalue weighted by Crippen LogP contribution is 2.32. The lowest BCUT2D eigenvalue weighted by atomic mass is 10.1. The molecule has 1 aromatic carbocycles. The minimum Gasteiger partial charge on any atom is -0.507 e. The van der Waals surface area contributed by atoms with Crippen LogP contribution in [0.2, 0.25) is 0 Å². The predicted octanol–water partition coefficient (Wildman–Crippen LogP) is 1.11. The average molecular weight is 369 g/mol. The van der Waals surface area contributed by atoms with Crippen molar-refractivity contribution in [2.45, 2.75) is 18.2 Å². The molecule has 0 radical (unpaired) electrons. The van der Waals surface area contributed by atoms with E-state index in [9.17, 15) is 24.6 Å². The van der Waals surface area contributed by atoms with Gasteiger partial charge >= 0.3 is 11.9 Å². The van der Waals surface area contributed by atoms with E-state index in [1.165, 1.54) is 38.1 Å². The number of rotatable bonds is 2. The van der Waals surface area contributed by atoms with Gasteiger partial charge in [0.25, 0.3) is 0 Å². The number of nitrogens with zero attached hydrogens (tertiary/aromatic N) is 1. The van der Waals surface area contributed by atoms with Gasteiger partial charge in [-0.3, -0.25) is 4.79 Å². The average Bonchev–Trinajstić information content (AvgIpc) is 2.57. The Labute approximate surface area is 148 Å². The molecule has 9 heteroatoms. The predicted molar refractivity (Wildman–Crippen MR) is 89.9 cm³/mol. The number of ether oxygens (including phenoxy) is 2. The number of benzene rings is 1. The summed E-state index contributed by atoms with van der Waals surface area (Å²) in [5.74, 6) is -1.73. The molecule has 1 amide bonds. The number of hydrogen-bond acceptors (Lipinski definition) is 7. The Morgan fingerprint density at radius 2 is 2.12 bits per heavy atom. The maximum absolute atomic E-state index is 12.3. The van der Waals surface area contributed by atoms with Crippen molar-refractivity contribution in [2.75, 3.05) is 26.5 Å². The second-order valence-corrected chi connectivity index (χ2v) is 6.46. The molecule has 25 heavy (non-hydrogen) atoms. The fraction of sp³-hybridized carbons (Fsp3) is 0.438. The zero-order valence-corrected chi connectivity index (χ0v) is 14.7. The summed E-state index contributed by atoms with van der Waals surface area (Å²) in [6.07, 6.45) is -0.123. The lowest BCUT2D eigenvalue weighted by molar-refractivity contribution is -0.148. The van der Waals surface area contributed by atoms with Crippen LogP contribution in [0.15, 0.2) is 12.1 Å². The lowest BCUT2D eigenvalue weighted by Crippen LogP contribution is -2.44. The minimum absolute atomic E-state index is 0.123. The number of cyclic esters (lactones) is 1. The quantitative estimate of drug-likeness (QED) is 0.745. The van der Waals surface area contributed by atoms with Crippen LogP contribution in [-0.4, -0.2) is 65.5 Å². The molecule has 0 saturated heterocycles. The number of thioether (sulfide) groups is 1. The maximum atomic E-state index is 12.3. The number of carboxylic acid groups (broad SMARTS) is 1. The second-order valence-electron chi connectivity index (χ2n) is 5.43. The molecular weight excluding hydrogens is 350 g/mol. The van der Waals surface area contributed by atoms with Gasteiger partial charge in [0.2, 0.25) is 5.91 Å². The molecule has 136 valence electrons. The Morgan fingerprint density at radius 1 is 1.40 bits per heavy atom. The van der Waals surface area contributed by atoms with Gasteiger partial charge in [0, 0.05) is 30.2 Å². The van der Waals surface area contributed by atoms with E-state index in [4.69, 9.17) is 9.47 Å². The number of phenolic OH excluding ortho intramolecular Hbond substituents is 1. The third kappa shape index (κ3) is 4.36. The molecule has 0 fully saturated rings. The summed E-state index contributed by atoms with van der Waals surface area (Å²) in [4.78, 5) is 36.9. The summed E-state index contributed by atoms with van der Waals surface area (Å²) >= 11 is 1.20. The van der Waals surface area contributed by atoms with Crippen LogP contribution in [0.4, 0.5) is 0 Å². The highest BCUT2D eigenvalue weighted by atomic mass is 32.2. The number of esters is 1. The van der Waals surface area contributed by atoms with Crippen molar-refractivity contribution < 1.29 is 34.1 Å². The molecule has 1 aliphatic rings. The standard InChI is InChI=1S/C16H19NO7S/c1-17-12(15(20)21)8-25-7-11-10(5-9(23-2)6-13(11)18)16(22)24-4-3-14(17)19/h5-6,12,18H,3-4,7-8H2,1-2H3,(H,20,21)/t12-/m0/s1. The first-order chi connectivity index (χ1) is 11.8. The van der Waals surface area contributed by atoms with E-state index >= 15 is 0 Å². The number of fused-ring (bicyclic) bond motifs is 1. The Bertz CT molecular complexity index is 691. The molecule has 2 N–H and O–H groups in total. The van der Waals surface area contributed by atoms with Gasteiger partial charge in [0.15, 0.2) is 0 Å². The van der Waals surface area contributed by atoms with Gasteiger partial charge in [-0.25, -0.2) is 9.59 Å². The van der Waals surface area contributed by atoms with Gasteiger partial charge < -0.3 is 24.6 Å². The van der Waals surface area contributed by atoms with Crippen LogP contribution < -0.4 is 4.74 Å². The lowest BCUT2D eigenvalue weighted by Gasteiger charge is -2.25. The van der Waals surface area contributed by atoms with Crippen LogP contribution >= 0.6 is 11.8 Å². The maximum Gasteiger partial charge on any atom is 0.338 e. The zero-order chi connectivity index (χ0) is 18.6. The van der Waals surface area contributed by atoms with Crippen LogP contribution in [-0.2, 0) is 20.1 Å². The van der Waals surface area contributed by atoms with E-state index in [0.29, 0.717) is 11.3 Å². The van der Waals surface area contributed by atoms with E-state index in [2.05, 4.69) is 0 Å². The number of methoxy groups -OCH3 is 1. The first kappa shape index (κ1) is 18.9. The van der Waals surface area contributed by atoms with Crippen LogP contribution in [0.5, 0.6) is 11.5 Å². The van der Waals surface area contributed by atoms with Crippen LogP contribution in [0.1, 0.15) is 22.3 Å². The smallest absolute Gasteiger partial charge is 0.338 e. The summed E-state index contributed by atoms with van der Waals surface area (Å²) < 4.78 is 10.1. The first-order valence-corrected chi connectivity index (χ1v) is 8.63. The monoisotopic (exact) mass is 369 g/mol. The molecule has 2 rings (SSSR count). The van der Waals surface area contributed by atoms with Gasteiger partial charge in [0.1, 0.15) is 24.1 Å². The number of likely N-dealkylation sites (N-methyl/N-ethyl adjacent to an activating group) is 1. The summed E-state index contributed by atoms with van der Waals surface area (Å²) in [6.45, 7) is -0.182. The van der Waals surface area contributed by atoms with E-state index in [-0.39, 0.29) is 35.8 Å². The third-order valence-electron chi connectivity index (χ3n) is 3.87. The van der Waals surface area contributed by atoms with Crippen molar-refractivity contribution in [3.8, 4) is 11.5 Å². The number of carbonyl (C=O) groups is 3. The van der Waals surface area contributed by atoms with Gasteiger partial charge in [0.05, 0.1) is 19.1 Å². The molecule has 1 aliphatic heterocycles. The highest BCUT2D eigenvalue weighted by molar-refractivity contribution is 7.98. The van der Waals surface area contributed by atoms with Crippen molar-refractivity contribution in [1.82, 2.24) is 4.90 Å². The molecule has 1 aromatic rings. The van der Waals surface area contributed by atoms with Crippen molar-refractivity contribution >= 4 is 29.6 Å². The SMILES string of the molecule is COc1cc(O)c2c(c1)C(=O)OCCC(=O)N(C)[C@H](C(=O)O)CSC2. The largest absolute Gasteiger partial charge is 0.507 e. The Balaban J connectivity index is 2.36. The number of amides is 1. The number of carboxylic acids is 1. The topological polar surface area (TPSA) is 113 Å². The normalized spacial score (nSPS) is 19.3. The van der Waals surface area contributed by atoms with Crippen molar-refractivity contribution in [2.24, 2.45) is 0 Å². The number of hydrogen-bond donors (Lipinski definition) is 2. The third-order valence-corrected chi connectivity index (χ3v) is 4.92. The van der Waals surface area contributed by atoms with Crippen molar-refractivity contribution in [3.63, 3.8) is 0 Å². The number of carbonyl (C=O) groups excluding carboxylic acids is 2. The van der Waals surface area contributed by atoms with Gasteiger partial charge in [-0.1, -0.05) is 0 Å². The molecule has 0 unspecified atom stereocenters. The van der Waals surface area contributed by atoms with Crippen molar-refractivity contribution in [1.29, 1.82) is 0 Å². The van der Waals surface area contributed by atoms with Crippen LogP contribution in [0.25, 0.3) is 0 Å². The zero-order valence-electron chi connectivity index (χ0n) is 13.9. The fourth-order valence-corrected chi connectivity index (χ4v) is 3.58. The Hall–Kier alpha value is -2.42. The van der Waals surface area contributed by atoms with E-state index in [1.54, 1.807) is 0 Å². The van der Waals surface area contributed by atoms with E-state index < -0.39 is 23.9 Å². The molecule has 1 heterocycles. The molecule has 0 spiro atoms. The summed E-state index contributed by atoms with van der Waals surface area (Å²) in [5, 5.41) is 19.5. The molecule has 0 aliphatic carbocycles. The van der Waals surface area contributed by atoms with Gasteiger partial charge in [-0.2, -0.15) is 11.8 Å². The summed E-state index contributed by atoms with van der Waals surface area (Å²) in [5.41, 5.74) is 0.479. The first-order valence-electron chi connectivity index (χ1n) is 7.48. The number of aliphatic carboxylic acids is 1. The van der Waals surface area contributed by atoms with Crippen LogP contribution in [0, 0.1) is 0 Å². The Morgan fingerprint density at radius 3 is 2.76 bits per heavy atom. The minimum atomic E-state index is -1.11. The van der Waals surface area contributed by atoms with E-state index in [1.807, 2.05) is 0 Å². The van der Waals surface area contributed by atoms with Crippen molar-refractivity contribution in [3.05, 3.63) is 23.3 Å². The van der Waals surface area contributed by atoms with E-state index in [0.717, 1.165) is 4.90 Å². The Kier molecular flexibility index (Phi) is 6.13. The summed E-state index contributed by atoms with van der Waals surface area (Å²) in [7, 11) is 2.81. The number of phenols is 1. The molecule has 0 bridgehead atoms. The van der Waals surface area contributed by atoms with Crippen LogP contribution in [0.3, 0.4) is 0 Å². The molecule has 1 atom stereocenters. The van der Waals surface area contributed by atoms with Gasteiger partial charge in [-0.15, -0.1) is 0 Å². The molecule has 8 nitrogen and oxygen atoms in total. The number of aromatic hydroxyl groups is 1. The highest BCUT2D eigenvalue weighted by Gasteiger charge is 2.28. The molecular formula is C16H19NO7S. The molecule has 0 saturated carbocycles. The van der Waals surface area contributed by atoms with Gasteiger partial charge in [-0.05, 0) is 6.07 Å². The molecule has 0 aromatic heterocycles. The fourth-order valence-electron chi connectivity index (χ4n) is 2.36.